The Kier molecular flexibility index (Phi) is 3.59. The number of aromatic nitrogens is 3. The molecule has 0 saturated heterocycles. The van der Waals surface area contributed by atoms with E-state index in [2.05, 4.69) is 29.5 Å². The average molecular weight is 222 g/mol. The van der Waals surface area contributed by atoms with Crippen LogP contribution in [0.4, 0.5) is 0 Å². The lowest BCUT2D eigenvalue weighted by molar-refractivity contribution is 0.334. The predicted molar refractivity (Wildman–Crippen MR) is 63.9 cm³/mol. The molecule has 4 heteroatoms. The molecule has 2 rings (SSSR count). The topological polar surface area (TPSA) is 42.7 Å². The van der Waals surface area contributed by atoms with Crippen molar-refractivity contribution in [2.75, 3.05) is 6.54 Å². The second-order valence-corrected chi connectivity index (χ2v) is 4.91. The molecule has 1 aliphatic carbocycles. The smallest absolute Gasteiger partial charge is 0.0756 e. The van der Waals surface area contributed by atoms with E-state index in [0.717, 1.165) is 12.5 Å². The van der Waals surface area contributed by atoms with Crippen molar-refractivity contribution in [3.63, 3.8) is 0 Å². The fraction of sp³-hybridized carbons (Fsp3) is 0.833. The van der Waals surface area contributed by atoms with Crippen LogP contribution in [0.2, 0.25) is 0 Å². The standard InChI is InChI=1S/C12H22N4/c1-4-7-13-12(9(2)10-5-6-10)11-8-14-15-16(11)3/h8-10,12-13H,4-7H2,1-3H3. The van der Waals surface area contributed by atoms with Crippen LogP contribution in [0.25, 0.3) is 0 Å². The average Bonchev–Trinajstić information content (AvgIpc) is 3.04. The molecule has 0 radical (unpaired) electrons. The highest BCUT2D eigenvalue weighted by Gasteiger charge is 2.34. The maximum absolute atomic E-state index is 4.03. The second-order valence-electron chi connectivity index (χ2n) is 4.91. The highest BCUT2D eigenvalue weighted by Crippen LogP contribution is 2.42. The molecule has 0 aromatic carbocycles. The van der Waals surface area contributed by atoms with E-state index in [1.165, 1.54) is 25.0 Å². The van der Waals surface area contributed by atoms with Gasteiger partial charge < -0.3 is 5.32 Å². The Morgan fingerprint density at radius 3 is 2.81 bits per heavy atom. The van der Waals surface area contributed by atoms with Crippen molar-refractivity contribution < 1.29 is 0 Å². The minimum atomic E-state index is 0.410. The third-order valence-corrected chi connectivity index (χ3v) is 3.57. The summed E-state index contributed by atoms with van der Waals surface area (Å²) in [5, 5.41) is 11.7. The van der Waals surface area contributed by atoms with Gasteiger partial charge in [0.2, 0.25) is 0 Å². The summed E-state index contributed by atoms with van der Waals surface area (Å²) in [7, 11) is 1.97. The Hall–Kier alpha value is -0.900. The Morgan fingerprint density at radius 1 is 1.56 bits per heavy atom. The van der Waals surface area contributed by atoms with E-state index < -0.39 is 0 Å². The molecule has 4 nitrogen and oxygen atoms in total. The number of hydrogen-bond donors (Lipinski definition) is 1. The second kappa shape index (κ2) is 4.95. The third-order valence-electron chi connectivity index (χ3n) is 3.57. The molecule has 2 atom stereocenters. The maximum Gasteiger partial charge on any atom is 0.0756 e. The van der Waals surface area contributed by atoms with Crippen molar-refractivity contribution in [3.05, 3.63) is 11.9 Å². The molecule has 1 N–H and O–H groups in total. The zero-order valence-corrected chi connectivity index (χ0v) is 10.5. The van der Waals surface area contributed by atoms with Gasteiger partial charge in [-0.15, -0.1) is 5.10 Å². The predicted octanol–water partition coefficient (Wildman–Crippen LogP) is 1.90. The molecule has 0 aliphatic heterocycles. The molecule has 0 spiro atoms. The van der Waals surface area contributed by atoms with E-state index in [1.807, 2.05) is 17.9 Å². The van der Waals surface area contributed by atoms with Gasteiger partial charge in [0.15, 0.2) is 0 Å². The summed E-state index contributed by atoms with van der Waals surface area (Å²) in [6.07, 6.45) is 5.83. The van der Waals surface area contributed by atoms with Crippen molar-refractivity contribution in [3.8, 4) is 0 Å². The van der Waals surface area contributed by atoms with E-state index in [1.54, 1.807) is 0 Å². The third kappa shape index (κ3) is 2.43. The SMILES string of the molecule is CCCNC(c1cnnn1C)C(C)C1CC1. The number of aryl methyl sites for hydroxylation is 1. The van der Waals surface area contributed by atoms with E-state index in [-0.39, 0.29) is 0 Å². The first-order valence-electron chi connectivity index (χ1n) is 6.32. The van der Waals surface area contributed by atoms with Gasteiger partial charge in [-0.05, 0) is 37.6 Å². The van der Waals surface area contributed by atoms with Crippen LogP contribution in [0.1, 0.15) is 44.8 Å². The van der Waals surface area contributed by atoms with E-state index in [4.69, 9.17) is 0 Å². The summed E-state index contributed by atoms with van der Waals surface area (Å²) in [5.41, 5.74) is 1.22. The molecule has 16 heavy (non-hydrogen) atoms. The van der Waals surface area contributed by atoms with Crippen molar-refractivity contribution in [1.29, 1.82) is 0 Å². The van der Waals surface area contributed by atoms with Crippen molar-refractivity contribution in [2.24, 2.45) is 18.9 Å². The maximum atomic E-state index is 4.03. The van der Waals surface area contributed by atoms with Gasteiger partial charge in [0, 0.05) is 7.05 Å². The number of rotatable bonds is 6. The van der Waals surface area contributed by atoms with Gasteiger partial charge in [-0.1, -0.05) is 19.1 Å². The van der Waals surface area contributed by atoms with Gasteiger partial charge in [-0.2, -0.15) is 0 Å². The molecular weight excluding hydrogens is 200 g/mol. The number of hydrogen-bond acceptors (Lipinski definition) is 3. The first kappa shape index (κ1) is 11.6. The van der Waals surface area contributed by atoms with Crippen molar-refractivity contribution in [2.45, 2.75) is 39.2 Å². The van der Waals surface area contributed by atoms with Gasteiger partial charge >= 0.3 is 0 Å². The van der Waals surface area contributed by atoms with E-state index in [9.17, 15) is 0 Å². The van der Waals surface area contributed by atoms with Gasteiger partial charge in [0.1, 0.15) is 0 Å². The largest absolute Gasteiger partial charge is 0.308 e. The lowest BCUT2D eigenvalue weighted by atomic mass is 9.94. The Morgan fingerprint density at radius 2 is 2.31 bits per heavy atom. The Labute approximate surface area is 97.4 Å². The summed E-state index contributed by atoms with van der Waals surface area (Å²) in [4.78, 5) is 0. The molecule has 2 unspecified atom stereocenters. The van der Waals surface area contributed by atoms with Gasteiger partial charge in [0.05, 0.1) is 17.9 Å². The van der Waals surface area contributed by atoms with Crippen molar-refractivity contribution >= 4 is 0 Å². The molecular formula is C12H22N4. The zero-order chi connectivity index (χ0) is 11.5. The van der Waals surface area contributed by atoms with Crippen LogP contribution in [-0.2, 0) is 7.05 Å². The van der Waals surface area contributed by atoms with Crippen LogP contribution >= 0.6 is 0 Å². The van der Waals surface area contributed by atoms with E-state index in [0.29, 0.717) is 12.0 Å². The van der Waals surface area contributed by atoms with Gasteiger partial charge in [-0.3, -0.25) is 4.68 Å². The molecule has 1 aromatic heterocycles. The molecule has 1 saturated carbocycles. The summed E-state index contributed by atoms with van der Waals surface area (Å²) < 4.78 is 1.90. The van der Waals surface area contributed by atoms with Crippen LogP contribution in [0, 0.1) is 11.8 Å². The fourth-order valence-corrected chi connectivity index (χ4v) is 2.33. The molecule has 0 bridgehead atoms. The number of nitrogens with one attached hydrogen (secondary N) is 1. The lowest BCUT2D eigenvalue weighted by Gasteiger charge is -2.24. The summed E-state index contributed by atoms with van der Waals surface area (Å²) in [6.45, 7) is 5.61. The van der Waals surface area contributed by atoms with Crippen LogP contribution < -0.4 is 5.32 Å². The first-order chi connectivity index (χ1) is 7.74. The van der Waals surface area contributed by atoms with Gasteiger partial charge in [0.25, 0.3) is 0 Å². The van der Waals surface area contributed by atoms with Gasteiger partial charge in [-0.25, -0.2) is 0 Å². The van der Waals surface area contributed by atoms with Crippen LogP contribution in [0.5, 0.6) is 0 Å². The highest BCUT2D eigenvalue weighted by atomic mass is 15.4. The molecule has 1 heterocycles. The van der Waals surface area contributed by atoms with E-state index >= 15 is 0 Å². The lowest BCUT2D eigenvalue weighted by Crippen LogP contribution is -2.30. The highest BCUT2D eigenvalue weighted by molar-refractivity contribution is 5.05. The van der Waals surface area contributed by atoms with Crippen molar-refractivity contribution in [1.82, 2.24) is 20.3 Å². The molecule has 90 valence electrons. The fourth-order valence-electron chi connectivity index (χ4n) is 2.33. The normalized spacial score (nSPS) is 19.7. The quantitative estimate of drug-likeness (QED) is 0.799. The summed E-state index contributed by atoms with van der Waals surface area (Å²) in [6, 6.07) is 0.410. The van der Waals surface area contributed by atoms with Crippen LogP contribution in [0.15, 0.2) is 6.20 Å². The molecule has 1 aromatic rings. The Balaban J connectivity index is 2.10. The zero-order valence-electron chi connectivity index (χ0n) is 10.5. The first-order valence-corrected chi connectivity index (χ1v) is 6.32. The molecule has 1 aliphatic rings. The van der Waals surface area contributed by atoms with Crippen LogP contribution in [-0.4, -0.2) is 21.5 Å². The molecule has 1 fully saturated rings. The Bertz CT molecular complexity index is 330. The van der Waals surface area contributed by atoms with Crippen LogP contribution in [0.3, 0.4) is 0 Å². The monoisotopic (exact) mass is 222 g/mol. The minimum absolute atomic E-state index is 0.410. The molecule has 0 amide bonds. The minimum Gasteiger partial charge on any atom is -0.308 e. The number of nitrogens with zero attached hydrogens (tertiary/aromatic N) is 3. The summed E-state index contributed by atoms with van der Waals surface area (Å²) in [5.74, 6) is 1.58. The summed E-state index contributed by atoms with van der Waals surface area (Å²) >= 11 is 0.